The zero-order valence-electron chi connectivity index (χ0n) is 11.3. The maximum Gasteiger partial charge on any atom is 0.340 e. The van der Waals surface area contributed by atoms with Crippen LogP contribution in [0, 0.1) is 5.92 Å². The number of hydrogen-bond acceptors (Lipinski definition) is 3. The molecule has 1 fully saturated rings. The molecule has 108 valence electrons. The number of carbonyl (C=O) groups is 2. The molecule has 3 rings (SSSR count). The first-order valence-corrected chi connectivity index (χ1v) is 7.25. The normalized spacial score (nSPS) is 26.7. The molecule has 0 bridgehead atoms. The van der Waals surface area contributed by atoms with Gasteiger partial charge in [0.05, 0.1) is 12.6 Å². The molecule has 0 saturated heterocycles. The van der Waals surface area contributed by atoms with Crippen molar-refractivity contribution in [3.8, 4) is 0 Å². The summed E-state index contributed by atoms with van der Waals surface area (Å²) in [4.78, 5) is 28.9. The smallest absolute Gasteiger partial charge is 0.340 e. The SMILES string of the molecule is O=C(O)C1=CNC(=O)N2C[C@H](CC3CCCCC3)N=C12. The van der Waals surface area contributed by atoms with Crippen LogP contribution in [-0.4, -0.2) is 40.4 Å². The van der Waals surface area contributed by atoms with Crippen LogP contribution in [0.15, 0.2) is 16.8 Å². The van der Waals surface area contributed by atoms with E-state index < -0.39 is 5.97 Å². The first kappa shape index (κ1) is 13.1. The van der Waals surface area contributed by atoms with Crippen molar-refractivity contribution in [1.29, 1.82) is 0 Å². The third-order valence-corrected chi connectivity index (χ3v) is 4.34. The first-order chi connectivity index (χ1) is 9.65. The third kappa shape index (κ3) is 2.42. The largest absolute Gasteiger partial charge is 0.478 e. The lowest BCUT2D eigenvalue weighted by atomic mass is 9.85. The van der Waals surface area contributed by atoms with Gasteiger partial charge in [-0.1, -0.05) is 32.1 Å². The van der Waals surface area contributed by atoms with E-state index in [-0.39, 0.29) is 17.6 Å². The number of aliphatic carboxylic acids is 1. The molecule has 2 aliphatic heterocycles. The number of nitrogens with one attached hydrogen (secondary N) is 1. The van der Waals surface area contributed by atoms with Gasteiger partial charge in [0.2, 0.25) is 0 Å². The summed E-state index contributed by atoms with van der Waals surface area (Å²) in [6.45, 7) is 0.502. The molecule has 1 saturated carbocycles. The number of fused-ring (bicyclic) bond motifs is 1. The monoisotopic (exact) mass is 277 g/mol. The zero-order chi connectivity index (χ0) is 14.1. The average molecular weight is 277 g/mol. The number of nitrogens with zero attached hydrogens (tertiary/aromatic N) is 2. The summed E-state index contributed by atoms with van der Waals surface area (Å²) in [5.41, 5.74) is 0.0794. The van der Waals surface area contributed by atoms with Crippen molar-refractivity contribution in [3.63, 3.8) is 0 Å². The summed E-state index contributed by atoms with van der Waals surface area (Å²) in [5, 5.41) is 11.6. The Morgan fingerprint density at radius 3 is 2.85 bits per heavy atom. The van der Waals surface area contributed by atoms with Gasteiger partial charge in [-0.05, 0) is 12.3 Å². The Balaban J connectivity index is 1.73. The highest BCUT2D eigenvalue weighted by Crippen LogP contribution is 2.30. The van der Waals surface area contributed by atoms with E-state index in [4.69, 9.17) is 5.11 Å². The molecule has 0 aromatic carbocycles. The average Bonchev–Trinajstić information content (AvgIpc) is 2.84. The van der Waals surface area contributed by atoms with Crippen LogP contribution < -0.4 is 5.32 Å². The van der Waals surface area contributed by atoms with Crippen molar-refractivity contribution < 1.29 is 14.7 Å². The first-order valence-electron chi connectivity index (χ1n) is 7.25. The molecular weight excluding hydrogens is 258 g/mol. The Bertz CT molecular complexity index is 492. The van der Waals surface area contributed by atoms with Gasteiger partial charge >= 0.3 is 12.0 Å². The quantitative estimate of drug-likeness (QED) is 0.824. The molecule has 2 heterocycles. The Hall–Kier alpha value is -1.85. The van der Waals surface area contributed by atoms with Gasteiger partial charge in [0.15, 0.2) is 0 Å². The molecule has 2 N–H and O–H groups in total. The van der Waals surface area contributed by atoms with Crippen LogP contribution in [0.1, 0.15) is 38.5 Å². The maximum absolute atomic E-state index is 11.8. The number of rotatable bonds is 3. The van der Waals surface area contributed by atoms with Crippen molar-refractivity contribution in [2.75, 3.05) is 6.54 Å². The van der Waals surface area contributed by atoms with Crippen LogP contribution in [-0.2, 0) is 4.79 Å². The van der Waals surface area contributed by atoms with E-state index in [1.165, 1.54) is 43.2 Å². The van der Waals surface area contributed by atoms with Crippen molar-refractivity contribution in [2.24, 2.45) is 10.9 Å². The van der Waals surface area contributed by atoms with E-state index in [2.05, 4.69) is 10.3 Å². The van der Waals surface area contributed by atoms with Gasteiger partial charge in [0.1, 0.15) is 11.4 Å². The minimum absolute atomic E-state index is 0.0414. The molecule has 1 atom stereocenters. The Labute approximate surface area is 117 Å². The van der Waals surface area contributed by atoms with E-state index in [0.717, 1.165) is 6.42 Å². The number of hydrogen-bond donors (Lipinski definition) is 2. The molecule has 6 nitrogen and oxygen atoms in total. The van der Waals surface area contributed by atoms with E-state index in [0.29, 0.717) is 18.3 Å². The number of aliphatic imine (C=N–C) groups is 1. The molecule has 0 aromatic heterocycles. The van der Waals surface area contributed by atoms with Crippen LogP contribution in [0.3, 0.4) is 0 Å². The summed E-state index contributed by atoms with van der Waals surface area (Å²) in [7, 11) is 0. The van der Waals surface area contributed by atoms with E-state index in [1.807, 2.05) is 0 Å². The zero-order valence-corrected chi connectivity index (χ0v) is 11.3. The van der Waals surface area contributed by atoms with Crippen LogP contribution in [0.25, 0.3) is 0 Å². The number of carbonyl (C=O) groups excluding carboxylic acids is 1. The number of carboxylic acids is 1. The van der Waals surface area contributed by atoms with Gasteiger partial charge in [0, 0.05) is 6.20 Å². The summed E-state index contributed by atoms with van der Waals surface area (Å²) in [6, 6.07) is -0.236. The molecule has 0 spiro atoms. The second kappa shape index (κ2) is 5.26. The second-order valence-corrected chi connectivity index (χ2v) is 5.77. The third-order valence-electron chi connectivity index (χ3n) is 4.34. The lowest BCUT2D eigenvalue weighted by Gasteiger charge is -2.24. The van der Waals surface area contributed by atoms with Gasteiger partial charge in [-0.3, -0.25) is 9.89 Å². The van der Waals surface area contributed by atoms with Gasteiger partial charge in [0.25, 0.3) is 0 Å². The minimum atomic E-state index is -1.05. The number of amides is 2. The van der Waals surface area contributed by atoms with Gasteiger partial charge in [-0.25, -0.2) is 9.59 Å². The molecule has 3 aliphatic rings. The van der Waals surface area contributed by atoms with Gasteiger partial charge in [-0.15, -0.1) is 0 Å². The van der Waals surface area contributed by atoms with Gasteiger partial charge in [-0.2, -0.15) is 0 Å². The summed E-state index contributed by atoms with van der Waals surface area (Å²) >= 11 is 0. The topological polar surface area (TPSA) is 82.0 Å². The molecule has 0 unspecified atom stereocenters. The predicted octanol–water partition coefficient (Wildman–Crippen LogP) is 1.73. The standard InChI is InChI=1S/C14H19N3O3/c18-13(19)11-7-15-14(20)17-8-10(16-12(11)17)6-9-4-2-1-3-5-9/h7,9-10H,1-6,8H2,(H,15,20)(H,18,19)/t10-/m0/s1. The molecule has 20 heavy (non-hydrogen) atoms. The summed E-state index contributed by atoms with van der Waals surface area (Å²) in [5.74, 6) is -0.0612. The molecule has 2 amide bonds. The fourth-order valence-corrected chi connectivity index (χ4v) is 3.34. The Morgan fingerprint density at radius 1 is 1.40 bits per heavy atom. The van der Waals surface area contributed by atoms with Crippen molar-refractivity contribution in [3.05, 3.63) is 11.8 Å². The van der Waals surface area contributed by atoms with Crippen LogP contribution in [0.5, 0.6) is 0 Å². The number of carboxylic acid groups (broad SMARTS) is 1. The predicted molar refractivity (Wildman–Crippen MR) is 73.4 cm³/mol. The molecule has 0 radical (unpaired) electrons. The van der Waals surface area contributed by atoms with Crippen LogP contribution in [0.4, 0.5) is 4.79 Å². The molecular formula is C14H19N3O3. The van der Waals surface area contributed by atoms with Crippen molar-refractivity contribution in [1.82, 2.24) is 10.2 Å². The molecule has 0 aromatic rings. The Morgan fingerprint density at radius 2 is 2.15 bits per heavy atom. The highest BCUT2D eigenvalue weighted by molar-refractivity contribution is 6.24. The number of urea groups is 1. The van der Waals surface area contributed by atoms with E-state index in [9.17, 15) is 9.59 Å². The highest BCUT2D eigenvalue weighted by atomic mass is 16.4. The second-order valence-electron chi connectivity index (χ2n) is 5.77. The molecule has 6 heteroatoms. The van der Waals surface area contributed by atoms with Crippen LogP contribution >= 0.6 is 0 Å². The fraction of sp³-hybridized carbons (Fsp3) is 0.643. The summed E-state index contributed by atoms with van der Waals surface area (Å²) in [6.07, 6.45) is 8.53. The van der Waals surface area contributed by atoms with Crippen molar-refractivity contribution in [2.45, 2.75) is 44.6 Å². The Kier molecular flexibility index (Phi) is 3.46. The minimum Gasteiger partial charge on any atom is -0.478 e. The van der Waals surface area contributed by atoms with Crippen LogP contribution in [0.2, 0.25) is 0 Å². The fourth-order valence-electron chi connectivity index (χ4n) is 3.34. The maximum atomic E-state index is 11.8. The van der Waals surface area contributed by atoms with Crippen molar-refractivity contribution >= 4 is 17.8 Å². The molecule has 1 aliphatic carbocycles. The lowest BCUT2D eigenvalue weighted by Crippen LogP contribution is -2.46. The summed E-state index contributed by atoms with van der Waals surface area (Å²) < 4.78 is 0. The highest BCUT2D eigenvalue weighted by Gasteiger charge is 2.37. The van der Waals surface area contributed by atoms with Gasteiger partial charge < -0.3 is 10.4 Å². The van der Waals surface area contributed by atoms with E-state index in [1.54, 1.807) is 0 Å². The van der Waals surface area contributed by atoms with E-state index >= 15 is 0 Å². The lowest BCUT2D eigenvalue weighted by molar-refractivity contribution is -0.132. The number of amidine groups is 1.